The summed E-state index contributed by atoms with van der Waals surface area (Å²) in [5.41, 5.74) is 3.11. The smallest absolute Gasteiger partial charge is 0.0604 e. The first-order valence-corrected chi connectivity index (χ1v) is 3.54. The van der Waals surface area contributed by atoms with Crippen LogP contribution >= 0.6 is 0 Å². The predicted molar refractivity (Wildman–Crippen MR) is 48.6 cm³/mol. The molecule has 0 amide bonds. The minimum atomic E-state index is 1.01. The number of hydrogen-bond donors (Lipinski definition) is 1. The first-order chi connectivity index (χ1) is 5.27. The zero-order valence-corrected chi connectivity index (χ0v) is 6.89. The molecule has 0 spiro atoms. The third kappa shape index (κ3) is 1.58. The molecule has 0 aromatic carbocycles. The van der Waals surface area contributed by atoms with Crippen molar-refractivity contribution in [3.05, 3.63) is 30.1 Å². The molecular formula is C9H12N2. The third-order valence-corrected chi connectivity index (χ3v) is 1.61. The maximum atomic E-state index is 4.19. The van der Waals surface area contributed by atoms with Gasteiger partial charge < -0.3 is 5.32 Å². The Hall–Kier alpha value is -1.31. The van der Waals surface area contributed by atoms with Crippen molar-refractivity contribution in [3.8, 4) is 0 Å². The van der Waals surface area contributed by atoms with Crippen molar-refractivity contribution in [2.24, 2.45) is 0 Å². The molecule has 0 aliphatic carbocycles. The maximum Gasteiger partial charge on any atom is 0.0604 e. The number of pyridine rings is 1. The van der Waals surface area contributed by atoms with E-state index in [0.717, 1.165) is 16.9 Å². The van der Waals surface area contributed by atoms with Gasteiger partial charge in [-0.15, -0.1) is 0 Å². The van der Waals surface area contributed by atoms with Crippen LogP contribution in [0.1, 0.15) is 11.3 Å². The molecule has 2 heteroatoms. The quantitative estimate of drug-likeness (QED) is 0.694. The lowest BCUT2D eigenvalue weighted by molar-refractivity contribution is 1.19. The number of nitrogens with one attached hydrogen (secondary N) is 1. The summed E-state index contributed by atoms with van der Waals surface area (Å²) in [6.45, 7) is 5.64. The van der Waals surface area contributed by atoms with Crippen LogP contribution in [0, 0.1) is 6.92 Å². The first-order valence-electron chi connectivity index (χ1n) is 3.54. The molecule has 1 aromatic heterocycles. The zero-order chi connectivity index (χ0) is 8.27. The van der Waals surface area contributed by atoms with Gasteiger partial charge in [0.25, 0.3) is 0 Å². The molecule has 2 nitrogen and oxygen atoms in total. The normalized spacial score (nSPS) is 9.27. The van der Waals surface area contributed by atoms with Crippen molar-refractivity contribution in [1.29, 1.82) is 0 Å². The molecule has 1 heterocycles. The predicted octanol–water partition coefficient (Wildman–Crippen LogP) is 2.07. The molecule has 0 atom stereocenters. The number of anilines is 1. The van der Waals surface area contributed by atoms with Crippen LogP contribution in [0.15, 0.2) is 18.8 Å². The Morgan fingerprint density at radius 2 is 2.36 bits per heavy atom. The summed E-state index contributed by atoms with van der Waals surface area (Å²) in [5.74, 6) is 0. The Morgan fingerprint density at radius 1 is 1.64 bits per heavy atom. The van der Waals surface area contributed by atoms with Crippen LogP contribution in [-0.2, 0) is 0 Å². The second-order valence-corrected chi connectivity index (χ2v) is 2.36. The molecule has 0 bridgehead atoms. The molecule has 0 aliphatic heterocycles. The van der Waals surface area contributed by atoms with Gasteiger partial charge in [-0.3, -0.25) is 4.98 Å². The Balaban J connectivity index is 3.12. The average molecular weight is 148 g/mol. The Labute approximate surface area is 67.0 Å². The SMILES string of the molecule is C=Cc1cnc(C)c(NC)c1. The highest BCUT2D eigenvalue weighted by atomic mass is 14.9. The van der Waals surface area contributed by atoms with Crippen LogP contribution in [0.4, 0.5) is 5.69 Å². The Bertz CT molecular complexity index is 266. The van der Waals surface area contributed by atoms with E-state index in [1.807, 2.05) is 26.2 Å². The van der Waals surface area contributed by atoms with E-state index in [1.165, 1.54) is 0 Å². The second-order valence-electron chi connectivity index (χ2n) is 2.36. The van der Waals surface area contributed by atoms with Crippen LogP contribution in [0.2, 0.25) is 0 Å². The lowest BCUT2D eigenvalue weighted by Crippen LogP contribution is -1.94. The summed E-state index contributed by atoms with van der Waals surface area (Å²) in [4.78, 5) is 4.19. The molecule has 1 rings (SSSR count). The third-order valence-electron chi connectivity index (χ3n) is 1.61. The first kappa shape index (κ1) is 7.79. The van der Waals surface area contributed by atoms with Crippen molar-refractivity contribution < 1.29 is 0 Å². The van der Waals surface area contributed by atoms with Crippen molar-refractivity contribution in [2.75, 3.05) is 12.4 Å². The second kappa shape index (κ2) is 3.19. The highest BCUT2D eigenvalue weighted by Gasteiger charge is 1.95. The highest BCUT2D eigenvalue weighted by molar-refractivity contribution is 5.56. The standard InChI is InChI=1S/C9H12N2/c1-4-8-5-9(10-3)7(2)11-6-8/h4-6,10H,1H2,2-3H3. The molecule has 1 aromatic rings. The van der Waals surface area contributed by atoms with Gasteiger partial charge in [0, 0.05) is 13.2 Å². The molecule has 0 saturated carbocycles. The van der Waals surface area contributed by atoms with Gasteiger partial charge in [0.05, 0.1) is 11.4 Å². The zero-order valence-electron chi connectivity index (χ0n) is 6.89. The van der Waals surface area contributed by atoms with Crippen LogP contribution in [0.25, 0.3) is 6.08 Å². The molecule has 0 unspecified atom stereocenters. The summed E-state index contributed by atoms with van der Waals surface area (Å²) in [6, 6.07) is 2.02. The minimum Gasteiger partial charge on any atom is -0.387 e. The summed E-state index contributed by atoms with van der Waals surface area (Å²) in [6.07, 6.45) is 3.59. The van der Waals surface area contributed by atoms with Crippen molar-refractivity contribution >= 4 is 11.8 Å². The molecule has 0 saturated heterocycles. The van der Waals surface area contributed by atoms with E-state index in [-0.39, 0.29) is 0 Å². The Morgan fingerprint density at radius 3 is 2.91 bits per heavy atom. The monoisotopic (exact) mass is 148 g/mol. The summed E-state index contributed by atoms with van der Waals surface area (Å²) in [5, 5.41) is 3.06. The van der Waals surface area contributed by atoms with E-state index in [1.54, 1.807) is 6.08 Å². The van der Waals surface area contributed by atoms with Gasteiger partial charge in [-0.1, -0.05) is 12.7 Å². The fourth-order valence-electron chi connectivity index (χ4n) is 0.914. The summed E-state index contributed by atoms with van der Waals surface area (Å²) >= 11 is 0. The summed E-state index contributed by atoms with van der Waals surface area (Å²) < 4.78 is 0. The molecule has 0 aliphatic rings. The number of aromatic nitrogens is 1. The van der Waals surface area contributed by atoms with Gasteiger partial charge in [0.2, 0.25) is 0 Å². The fraction of sp³-hybridized carbons (Fsp3) is 0.222. The van der Waals surface area contributed by atoms with Gasteiger partial charge in [0.1, 0.15) is 0 Å². The molecule has 1 N–H and O–H groups in total. The fourth-order valence-corrected chi connectivity index (χ4v) is 0.914. The topological polar surface area (TPSA) is 24.9 Å². The Kier molecular flexibility index (Phi) is 2.26. The van der Waals surface area contributed by atoms with Crippen LogP contribution in [-0.4, -0.2) is 12.0 Å². The van der Waals surface area contributed by atoms with Gasteiger partial charge in [0.15, 0.2) is 0 Å². The summed E-state index contributed by atoms with van der Waals surface area (Å²) in [7, 11) is 1.89. The van der Waals surface area contributed by atoms with E-state index >= 15 is 0 Å². The molecule has 11 heavy (non-hydrogen) atoms. The van der Waals surface area contributed by atoms with E-state index in [2.05, 4.69) is 16.9 Å². The number of rotatable bonds is 2. The van der Waals surface area contributed by atoms with Gasteiger partial charge in [-0.05, 0) is 18.6 Å². The van der Waals surface area contributed by atoms with Crippen LogP contribution in [0.5, 0.6) is 0 Å². The molecule has 58 valence electrons. The van der Waals surface area contributed by atoms with E-state index < -0.39 is 0 Å². The van der Waals surface area contributed by atoms with Gasteiger partial charge in [-0.2, -0.15) is 0 Å². The van der Waals surface area contributed by atoms with Crippen molar-refractivity contribution in [1.82, 2.24) is 4.98 Å². The highest BCUT2D eigenvalue weighted by Crippen LogP contribution is 2.13. The van der Waals surface area contributed by atoms with Crippen LogP contribution < -0.4 is 5.32 Å². The van der Waals surface area contributed by atoms with Crippen molar-refractivity contribution in [3.63, 3.8) is 0 Å². The molecule has 0 radical (unpaired) electrons. The van der Waals surface area contributed by atoms with E-state index in [9.17, 15) is 0 Å². The average Bonchev–Trinajstić information content (AvgIpc) is 2.05. The van der Waals surface area contributed by atoms with E-state index in [0.29, 0.717) is 0 Å². The lowest BCUT2D eigenvalue weighted by atomic mass is 10.2. The largest absolute Gasteiger partial charge is 0.387 e. The van der Waals surface area contributed by atoms with E-state index in [4.69, 9.17) is 0 Å². The molecule has 0 fully saturated rings. The number of aryl methyl sites for hydroxylation is 1. The lowest BCUT2D eigenvalue weighted by Gasteiger charge is -2.03. The van der Waals surface area contributed by atoms with Gasteiger partial charge >= 0.3 is 0 Å². The molecular weight excluding hydrogens is 136 g/mol. The number of nitrogens with zero attached hydrogens (tertiary/aromatic N) is 1. The van der Waals surface area contributed by atoms with Crippen molar-refractivity contribution in [2.45, 2.75) is 6.92 Å². The number of hydrogen-bond acceptors (Lipinski definition) is 2. The minimum absolute atomic E-state index is 1.01. The maximum absolute atomic E-state index is 4.19. The van der Waals surface area contributed by atoms with Crippen LogP contribution in [0.3, 0.4) is 0 Å². The van der Waals surface area contributed by atoms with Gasteiger partial charge in [-0.25, -0.2) is 0 Å².